The Kier molecular flexibility index (Phi) is 8.96. The lowest BCUT2D eigenvalue weighted by atomic mass is 9.96. The molecule has 7 nitrogen and oxygen atoms in total. The highest BCUT2D eigenvalue weighted by Crippen LogP contribution is 2.30. The lowest BCUT2D eigenvalue weighted by Crippen LogP contribution is -2.49. The van der Waals surface area contributed by atoms with Gasteiger partial charge in [-0.15, -0.1) is 10.2 Å². The summed E-state index contributed by atoms with van der Waals surface area (Å²) in [6.45, 7) is 5.18. The smallest absolute Gasteiger partial charge is 0.222 e. The molecule has 2 heterocycles. The minimum absolute atomic E-state index is 0.201. The summed E-state index contributed by atoms with van der Waals surface area (Å²) in [7, 11) is 1.66. The molecule has 0 atom stereocenters. The monoisotopic (exact) mass is 541 g/mol. The maximum atomic E-state index is 13.0. The number of carbonyl (C=O) groups excluding carboxylic acids is 1. The van der Waals surface area contributed by atoms with E-state index in [0.29, 0.717) is 6.42 Å². The summed E-state index contributed by atoms with van der Waals surface area (Å²) >= 11 is 1.64. The van der Waals surface area contributed by atoms with Gasteiger partial charge in [0.05, 0.1) is 13.2 Å². The predicted molar refractivity (Wildman–Crippen MR) is 155 cm³/mol. The second-order valence-corrected chi connectivity index (χ2v) is 10.7. The molecule has 4 aromatic rings. The highest BCUT2D eigenvalue weighted by atomic mass is 32.2. The van der Waals surface area contributed by atoms with E-state index in [1.165, 1.54) is 11.1 Å². The second-order valence-electron chi connectivity index (χ2n) is 9.66. The third-order valence-corrected chi connectivity index (χ3v) is 8.17. The fourth-order valence-corrected chi connectivity index (χ4v) is 6.06. The zero-order valence-corrected chi connectivity index (χ0v) is 23.4. The first-order valence-electron chi connectivity index (χ1n) is 13.4. The zero-order valence-electron chi connectivity index (χ0n) is 22.6. The molecule has 0 radical (unpaired) electrons. The normalized spacial score (nSPS) is 14.1. The van der Waals surface area contributed by atoms with Gasteiger partial charge in [0.2, 0.25) is 5.91 Å². The van der Waals surface area contributed by atoms with Crippen molar-refractivity contribution in [1.29, 1.82) is 0 Å². The molecule has 0 unspecified atom stereocenters. The van der Waals surface area contributed by atoms with Gasteiger partial charge in [0, 0.05) is 44.0 Å². The van der Waals surface area contributed by atoms with Crippen molar-refractivity contribution in [2.75, 3.05) is 39.0 Å². The number of nitrogens with zero attached hydrogens (tertiary/aromatic N) is 5. The number of aromatic nitrogens is 3. The molecule has 8 heteroatoms. The third-order valence-electron chi connectivity index (χ3n) is 7.15. The van der Waals surface area contributed by atoms with Gasteiger partial charge in [-0.25, -0.2) is 0 Å². The zero-order chi connectivity index (χ0) is 27.0. The first kappa shape index (κ1) is 27.0. The van der Waals surface area contributed by atoms with E-state index in [2.05, 4.69) is 75.8 Å². The number of carbonyl (C=O) groups is 1. The molecule has 1 aromatic heterocycles. The minimum atomic E-state index is 0.201. The Balaban J connectivity index is 1.12. The van der Waals surface area contributed by atoms with Gasteiger partial charge in [-0.1, -0.05) is 72.4 Å². The summed E-state index contributed by atoms with van der Waals surface area (Å²) in [5.41, 5.74) is 3.58. The first-order valence-corrected chi connectivity index (χ1v) is 14.4. The van der Waals surface area contributed by atoms with Gasteiger partial charge < -0.3 is 9.64 Å². The number of thioether (sulfide) groups is 1. The molecule has 1 fully saturated rings. The van der Waals surface area contributed by atoms with Crippen molar-refractivity contribution in [2.24, 2.45) is 0 Å². The molecule has 0 bridgehead atoms. The largest absolute Gasteiger partial charge is 0.497 e. The Bertz CT molecular complexity index is 1300. The van der Waals surface area contributed by atoms with Gasteiger partial charge >= 0.3 is 0 Å². The van der Waals surface area contributed by atoms with E-state index in [4.69, 9.17) is 4.74 Å². The van der Waals surface area contributed by atoms with E-state index in [0.717, 1.165) is 60.8 Å². The predicted octanol–water partition coefficient (Wildman–Crippen LogP) is 5.39. The van der Waals surface area contributed by atoms with Crippen LogP contribution in [0.3, 0.4) is 0 Å². The van der Waals surface area contributed by atoms with Gasteiger partial charge in [-0.05, 0) is 48.7 Å². The summed E-state index contributed by atoms with van der Waals surface area (Å²) in [4.78, 5) is 17.6. The molecule has 3 aromatic carbocycles. The maximum Gasteiger partial charge on any atom is 0.222 e. The lowest BCUT2D eigenvalue weighted by Gasteiger charge is -2.40. The van der Waals surface area contributed by atoms with Crippen molar-refractivity contribution in [3.05, 3.63) is 102 Å². The van der Waals surface area contributed by atoms with Crippen molar-refractivity contribution < 1.29 is 9.53 Å². The number of benzene rings is 3. The molecule has 0 saturated carbocycles. The third kappa shape index (κ3) is 6.52. The molecule has 0 N–H and O–H groups in total. The number of rotatable bonds is 10. The van der Waals surface area contributed by atoms with Crippen molar-refractivity contribution in [3.63, 3.8) is 0 Å². The van der Waals surface area contributed by atoms with E-state index in [-0.39, 0.29) is 11.9 Å². The first-order chi connectivity index (χ1) is 19.1. The average Bonchev–Trinajstić information content (AvgIpc) is 3.36. The molecule has 1 aliphatic rings. The summed E-state index contributed by atoms with van der Waals surface area (Å²) in [5.74, 6) is 2.69. The molecule has 202 valence electrons. The van der Waals surface area contributed by atoms with Crippen molar-refractivity contribution in [1.82, 2.24) is 24.6 Å². The van der Waals surface area contributed by atoms with Gasteiger partial charge in [-0.3, -0.25) is 14.3 Å². The van der Waals surface area contributed by atoms with E-state index in [1.54, 1.807) is 18.9 Å². The average molecular weight is 542 g/mol. The molecule has 1 amide bonds. The Labute approximate surface area is 234 Å². The summed E-state index contributed by atoms with van der Waals surface area (Å²) in [5, 5.41) is 9.47. The Hall–Kier alpha value is -3.62. The van der Waals surface area contributed by atoms with Crippen LogP contribution >= 0.6 is 11.8 Å². The Morgan fingerprint density at radius 2 is 1.49 bits per heavy atom. The van der Waals surface area contributed by atoms with Crippen LogP contribution in [0.4, 0.5) is 0 Å². The highest BCUT2D eigenvalue weighted by Gasteiger charge is 2.28. The number of ether oxygens (including phenoxy) is 1. The van der Waals surface area contributed by atoms with Gasteiger partial charge in [-0.2, -0.15) is 0 Å². The number of aryl methyl sites for hydroxylation is 1. The second kappa shape index (κ2) is 13.0. The van der Waals surface area contributed by atoms with Crippen molar-refractivity contribution >= 4 is 17.7 Å². The van der Waals surface area contributed by atoms with Crippen LogP contribution in [0.15, 0.2) is 90.1 Å². The minimum Gasteiger partial charge on any atom is -0.497 e. The maximum absolute atomic E-state index is 13.0. The van der Waals surface area contributed by atoms with Crippen LogP contribution in [-0.4, -0.2) is 69.5 Å². The van der Waals surface area contributed by atoms with Crippen LogP contribution in [0.2, 0.25) is 0 Å². The summed E-state index contributed by atoms with van der Waals surface area (Å²) in [6, 6.07) is 29.4. The molecule has 1 saturated heterocycles. The van der Waals surface area contributed by atoms with Crippen LogP contribution in [0.5, 0.6) is 5.75 Å². The van der Waals surface area contributed by atoms with Crippen LogP contribution in [0.1, 0.15) is 35.8 Å². The number of methoxy groups -OCH3 is 1. The number of piperazine rings is 1. The molecule has 0 spiro atoms. The topological polar surface area (TPSA) is 63.5 Å². The molecular formula is C31H35N5O2S. The molecular weight excluding hydrogens is 506 g/mol. The van der Waals surface area contributed by atoms with E-state index in [9.17, 15) is 4.79 Å². The molecule has 1 aliphatic heterocycles. The van der Waals surface area contributed by atoms with Crippen LogP contribution in [0, 0.1) is 6.92 Å². The van der Waals surface area contributed by atoms with Gasteiger partial charge in [0.25, 0.3) is 0 Å². The van der Waals surface area contributed by atoms with Crippen molar-refractivity contribution in [3.8, 4) is 11.4 Å². The molecule has 0 aliphatic carbocycles. The standard InChI is InChI=1S/C31H35N5O2S/c1-24-32-33-31(36(24)27-15-17-28(38-2)18-16-27)39-23-9-14-29(37)34-19-21-35(22-20-34)30(25-10-5-3-6-11-25)26-12-7-4-8-13-26/h3-8,10-13,15-18,30H,9,14,19-23H2,1-2H3. The summed E-state index contributed by atoms with van der Waals surface area (Å²) < 4.78 is 7.32. The summed E-state index contributed by atoms with van der Waals surface area (Å²) in [6.07, 6.45) is 1.35. The van der Waals surface area contributed by atoms with Crippen LogP contribution in [-0.2, 0) is 4.79 Å². The number of hydrogen-bond acceptors (Lipinski definition) is 6. The van der Waals surface area contributed by atoms with Crippen LogP contribution in [0.25, 0.3) is 5.69 Å². The Morgan fingerprint density at radius 1 is 0.872 bits per heavy atom. The molecule has 39 heavy (non-hydrogen) atoms. The SMILES string of the molecule is COc1ccc(-n2c(C)nnc2SCCCC(=O)N2CCN(C(c3ccccc3)c3ccccc3)CC2)cc1. The van der Waals surface area contributed by atoms with Gasteiger partial charge in [0.15, 0.2) is 5.16 Å². The van der Waals surface area contributed by atoms with Crippen molar-refractivity contribution in [2.45, 2.75) is 31.0 Å². The molecule has 5 rings (SSSR count). The fraction of sp³-hybridized carbons (Fsp3) is 0.323. The lowest BCUT2D eigenvalue weighted by molar-refractivity contribution is -0.133. The van der Waals surface area contributed by atoms with E-state index >= 15 is 0 Å². The highest BCUT2D eigenvalue weighted by molar-refractivity contribution is 7.99. The van der Waals surface area contributed by atoms with Gasteiger partial charge in [0.1, 0.15) is 11.6 Å². The number of amides is 1. The fourth-order valence-electron chi connectivity index (χ4n) is 5.12. The quantitative estimate of drug-likeness (QED) is 0.198. The van der Waals surface area contributed by atoms with E-state index in [1.807, 2.05) is 40.7 Å². The van der Waals surface area contributed by atoms with E-state index < -0.39 is 0 Å². The number of hydrogen-bond donors (Lipinski definition) is 0. The van der Waals surface area contributed by atoms with Crippen LogP contribution < -0.4 is 4.74 Å². The Morgan fingerprint density at radius 3 is 2.08 bits per heavy atom.